The summed E-state index contributed by atoms with van der Waals surface area (Å²) in [6, 6.07) is 6.36. The molecule has 86 valence electrons. The van der Waals surface area contributed by atoms with E-state index in [1.807, 2.05) is 5.38 Å². The fraction of sp³-hybridized carbons (Fsp3) is 0.182. The van der Waals surface area contributed by atoms with E-state index in [-0.39, 0.29) is 18.2 Å². The quantitative estimate of drug-likeness (QED) is 0.920. The van der Waals surface area contributed by atoms with Crippen LogP contribution < -0.4 is 5.73 Å². The van der Waals surface area contributed by atoms with Crippen molar-refractivity contribution in [2.24, 2.45) is 5.73 Å². The van der Waals surface area contributed by atoms with Crippen molar-refractivity contribution >= 4 is 23.7 Å². The summed E-state index contributed by atoms with van der Waals surface area (Å²) in [4.78, 5) is 4.42. The maximum Gasteiger partial charge on any atom is 0.123 e. The fourth-order valence-corrected chi connectivity index (χ4v) is 2.16. The van der Waals surface area contributed by atoms with Crippen molar-refractivity contribution in [3.8, 4) is 10.6 Å². The lowest BCUT2D eigenvalue weighted by Crippen LogP contribution is -2.02. The Morgan fingerprint density at radius 2 is 1.94 bits per heavy atom. The Kier molecular flexibility index (Phi) is 4.86. The molecule has 2 N–H and O–H groups in total. The first kappa shape index (κ1) is 13.1. The van der Waals surface area contributed by atoms with Crippen molar-refractivity contribution in [3.05, 3.63) is 41.2 Å². The predicted molar refractivity (Wildman–Crippen MR) is 67.5 cm³/mol. The zero-order valence-corrected chi connectivity index (χ0v) is 10.2. The fourth-order valence-electron chi connectivity index (χ4n) is 1.29. The molecule has 2 rings (SSSR count). The predicted octanol–water partition coefficient (Wildman–Crippen LogP) is 2.87. The first-order chi connectivity index (χ1) is 7.29. The van der Waals surface area contributed by atoms with Crippen LogP contribution in [-0.2, 0) is 6.42 Å². The summed E-state index contributed by atoms with van der Waals surface area (Å²) in [6.07, 6.45) is 0.789. The molecule has 1 heterocycles. The van der Waals surface area contributed by atoms with E-state index in [2.05, 4.69) is 4.98 Å². The van der Waals surface area contributed by atoms with Crippen LogP contribution in [0.15, 0.2) is 29.6 Å². The van der Waals surface area contributed by atoms with Gasteiger partial charge in [0.1, 0.15) is 10.8 Å². The van der Waals surface area contributed by atoms with E-state index in [4.69, 9.17) is 5.73 Å². The van der Waals surface area contributed by atoms with Crippen molar-refractivity contribution < 1.29 is 4.39 Å². The second-order valence-corrected chi connectivity index (χ2v) is 4.05. The minimum absolute atomic E-state index is 0. The van der Waals surface area contributed by atoms with Gasteiger partial charge in [-0.25, -0.2) is 9.37 Å². The summed E-state index contributed by atoms with van der Waals surface area (Å²) in [5.74, 6) is -0.225. The van der Waals surface area contributed by atoms with Gasteiger partial charge in [-0.2, -0.15) is 0 Å². The van der Waals surface area contributed by atoms with Gasteiger partial charge in [-0.3, -0.25) is 0 Å². The van der Waals surface area contributed by atoms with Gasteiger partial charge in [0.15, 0.2) is 0 Å². The van der Waals surface area contributed by atoms with Gasteiger partial charge in [0.25, 0.3) is 0 Å². The van der Waals surface area contributed by atoms with Gasteiger partial charge in [0.05, 0.1) is 5.69 Å². The third-order valence-electron chi connectivity index (χ3n) is 2.04. The first-order valence-corrected chi connectivity index (χ1v) is 5.58. The molecule has 2 nitrogen and oxygen atoms in total. The lowest BCUT2D eigenvalue weighted by atomic mass is 10.2. The van der Waals surface area contributed by atoms with E-state index in [0.717, 1.165) is 22.7 Å². The molecule has 1 aromatic heterocycles. The monoisotopic (exact) mass is 258 g/mol. The first-order valence-electron chi connectivity index (χ1n) is 4.70. The highest BCUT2D eigenvalue weighted by molar-refractivity contribution is 7.13. The average Bonchev–Trinajstić information content (AvgIpc) is 2.68. The molecule has 0 aliphatic heterocycles. The van der Waals surface area contributed by atoms with Crippen LogP contribution >= 0.6 is 23.7 Å². The molecule has 0 bridgehead atoms. The molecular weight excluding hydrogens is 247 g/mol. The van der Waals surface area contributed by atoms with Crippen molar-refractivity contribution in [3.63, 3.8) is 0 Å². The van der Waals surface area contributed by atoms with Crippen LogP contribution in [-0.4, -0.2) is 11.5 Å². The Morgan fingerprint density at radius 3 is 2.56 bits per heavy atom. The van der Waals surface area contributed by atoms with E-state index >= 15 is 0 Å². The average molecular weight is 259 g/mol. The molecule has 0 aliphatic rings. The number of halogens is 2. The van der Waals surface area contributed by atoms with Crippen LogP contribution in [0.5, 0.6) is 0 Å². The third-order valence-corrected chi connectivity index (χ3v) is 2.98. The molecule has 0 amide bonds. The van der Waals surface area contributed by atoms with Crippen LogP contribution in [0, 0.1) is 5.82 Å². The molecule has 0 fully saturated rings. The molecule has 2 aromatic rings. The van der Waals surface area contributed by atoms with Gasteiger partial charge in [-0.15, -0.1) is 23.7 Å². The number of aromatic nitrogens is 1. The molecule has 1 aromatic carbocycles. The molecule has 5 heteroatoms. The van der Waals surface area contributed by atoms with Gasteiger partial charge < -0.3 is 5.73 Å². The van der Waals surface area contributed by atoms with Gasteiger partial charge in [-0.05, 0) is 30.8 Å². The van der Waals surface area contributed by atoms with Gasteiger partial charge in [0, 0.05) is 17.4 Å². The molecule has 0 atom stereocenters. The minimum Gasteiger partial charge on any atom is -0.330 e. The van der Waals surface area contributed by atoms with Crippen LogP contribution in [0.25, 0.3) is 10.6 Å². The third kappa shape index (κ3) is 3.01. The molecule has 0 aliphatic carbocycles. The Hall–Kier alpha value is -0.970. The van der Waals surface area contributed by atoms with Gasteiger partial charge in [0.2, 0.25) is 0 Å². The highest BCUT2D eigenvalue weighted by atomic mass is 35.5. The van der Waals surface area contributed by atoms with Gasteiger partial charge in [-0.1, -0.05) is 0 Å². The SMILES string of the molecule is Cl.NCCc1csc(-c2ccc(F)cc2)n1. The normalized spacial score (nSPS) is 9.88. The summed E-state index contributed by atoms with van der Waals surface area (Å²) in [6.45, 7) is 0.604. The van der Waals surface area contributed by atoms with E-state index in [9.17, 15) is 4.39 Å². The van der Waals surface area contributed by atoms with Gasteiger partial charge >= 0.3 is 0 Å². The van der Waals surface area contributed by atoms with E-state index in [1.165, 1.54) is 12.1 Å². The van der Waals surface area contributed by atoms with E-state index < -0.39 is 0 Å². The second-order valence-electron chi connectivity index (χ2n) is 3.19. The highest BCUT2D eigenvalue weighted by Gasteiger charge is 2.03. The standard InChI is InChI=1S/C11H11FN2S.ClH/c12-9-3-1-8(2-4-9)11-14-10(5-6-13)7-15-11;/h1-4,7H,5-6,13H2;1H. The number of nitrogens with two attached hydrogens (primary N) is 1. The molecule has 0 radical (unpaired) electrons. The number of thiazole rings is 1. The van der Waals surface area contributed by atoms with Crippen molar-refractivity contribution in [2.45, 2.75) is 6.42 Å². The lowest BCUT2D eigenvalue weighted by Gasteiger charge is -1.95. The molecule has 0 saturated heterocycles. The van der Waals surface area contributed by atoms with E-state index in [1.54, 1.807) is 23.5 Å². The van der Waals surface area contributed by atoms with Crippen LogP contribution in [0.1, 0.15) is 5.69 Å². The largest absolute Gasteiger partial charge is 0.330 e. The van der Waals surface area contributed by atoms with Crippen LogP contribution in [0.4, 0.5) is 4.39 Å². The van der Waals surface area contributed by atoms with Crippen LogP contribution in [0.3, 0.4) is 0 Å². The Labute approximate surface area is 104 Å². The maximum atomic E-state index is 12.7. The smallest absolute Gasteiger partial charge is 0.123 e. The highest BCUT2D eigenvalue weighted by Crippen LogP contribution is 2.23. The maximum absolute atomic E-state index is 12.7. The van der Waals surface area contributed by atoms with E-state index in [0.29, 0.717) is 6.54 Å². The summed E-state index contributed by atoms with van der Waals surface area (Å²) in [5, 5.41) is 2.91. The number of hydrogen-bond donors (Lipinski definition) is 1. The molecule has 16 heavy (non-hydrogen) atoms. The second kappa shape index (κ2) is 5.94. The number of benzene rings is 1. The zero-order chi connectivity index (χ0) is 10.7. The number of rotatable bonds is 3. The number of nitrogens with zero attached hydrogens (tertiary/aromatic N) is 1. The van der Waals surface area contributed by atoms with Crippen molar-refractivity contribution in [1.29, 1.82) is 0 Å². The number of hydrogen-bond acceptors (Lipinski definition) is 3. The Morgan fingerprint density at radius 1 is 1.25 bits per heavy atom. The Balaban J connectivity index is 0.00000128. The topological polar surface area (TPSA) is 38.9 Å². The Bertz CT molecular complexity index is 442. The summed E-state index contributed by atoms with van der Waals surface area (Å²) < 4.78 is 12.7. The molecule has 0 spiro atoms. The molecule has 0 saturated carbocycles. The summed E-state index contributed by atoms with van der Waals surface area (Å²) >= 11 is 1.56. The minimum atomic E-state index is -0.225. The summed E-state index contributed by atoms with van der Waals surface area (Å²) in [5.41, 5.74) is 7.39. The molecule has 0 unspecified atom stereocenters. The van der Waals surface area contributed by atoms with Crippen LogP contribution in [0.2, 0.25) is 0 Å². The van der Waals surface area contributed by atoms with Crippen molar-refractivity contribution in [1.82, 2.24) is 4.98 Å². The molecular formula is C11H12ClFN2S. The zero-order valence-electron chi connectivity index (χ0n) is 8.52. The lowest BCUT2D eigenvalue weighted by molar-refractivity contribution is 0.628. The summed E-state index contributed by atoms with van der Waals surface area (Å²) in [7, 11) is 0. The van der Waals surface area contributed by atoms with Crippen molar-refractivity contribution in [2.75, 3.05) is 6.54 Å².